The van der Waals surface area contributed by atoms with Gasteiger partial charge in [0.1, 0.15) is 16.9 Å². The highest BCUT2D eigenvalue weighted by Crippen LogP contribution is 2.56. The molecular formula is C28H26F4N6OS. The number of rotatable bonds is 6. The highest BCUT2D eigenvalue weighted by atomic mass is 32.2. The second-order valence-electron chi connectivity index (χ2n) is 10.4. The van der Waals surface area contributed by atoms with Crippen LogP contribution in [0, 0.1) is 18.2 Å². The maximum Gasteiger partial charge on any atom is 0.409 e. The van der Waals surface area contributed by atoms with Crippen LogP contribution in [-0.4, -0.2) is 46.3 Å². The second kappa shape index (κ2) is 10.2. The van der Waals surface area contributed by atoms with Gasteiger partial charge in [0, 0.05) is 16.9 Å². The van der Waals surface area contributed by atoms with E-state index in [0.29, 0.717) is 34.8 Å². The molecule has 1 fully saturated rings. The van der Waals surface area contributed by atoms with E-state index < -0.39 is 24.2 Å². The second-order valence-corrected chi connectivity index (χ2v) is 11.7. The molecule has 0 saturated heterocycles. The molecule has 40 heavy (non-hydrogen) atoms. The molecule has 2 aliphatic carbocycles. The minimum Gasteiger partial charge on any atom is -0.386 e. The van der Waals surface area contributed by atoms with Crippen LogP contribution in [0.2, 0.25) is 0 Å². The van der Waals surface area contributed by atoms with Crippen molar-refractivity contribution < 1.29 is 22.7 Å². The highest BCUT2D eigenvalue weighted by Gasteiger charge is 2.49. The molecule has 1 unspecified atom stereocenters. The van der Waals surface area contributed by atoms with Crippen molar-refractivity contribution in [3.63, 3.8) is 0 Å². The lowest BCUT2D eigenvalue weighted by atomic mass is 9.60. The molecule has 0 radical (unpaired) electrons. The molecule has 1 saturated carbocycles. The lowest BCUT2D eigenvalue weighted by Gasteiger charge is -2.47. The summed E-state index contributed by atoms with van der Waals surface area (Å²) >= 11 is 1.39. The molecule has 1 N–H and O–H groups in total. The van der Waals surface area contributed by atoms with Gasteiger partial charge in [0.15, 0.2) is 6.54 Å². The number of hydrogen-bond donors (Lipinski definition) is 1. The van der Waals surface area contributed by atoms with E-state index in [4.69, 9.17) is 0 Å². The SMILES string of the molecule is Cc1ccnc(C(O)[C@]23Cc4cnn(-c5ccc(F)cc5)c4C=C2CC[C@H](Sc2cnn(CC(F)(F)F)n2)C3)c1. The number of aryl methyl sites for hydroxylation is 1. The first-order valence-corrected chi connectivity index (χ1v) is 13.8. The van der Waals surface area contributed by atoms with Crippen LogP contribution in [-0.2, 0) is 13.0 Å². The summed E-state index contributed by atoms with van der Waals surface area (Å²) in [5, 5.41) is 24.7. The van der Waals surface area contributed by atoms with Gasteiger partial charge in [0.2, 0.25) is 0 Å². The van der Waals surface area contributed by atoms with E-state index in [2.05, 4.69) is 26.4 Å². The standard InChI is InChI=1S/C28H26F4N6OS/c1-17-8-9-33-23(10-17)26(39)27-12-18-14-35-38(21-5-3-20(29)4-6-21)24(18)11-19(27)2-7-22(13-27)40-25-15-34-37(36-25)16-28(30,31)32/h3-6,8-11,14-15,22,26,39H,2,7,12-13,16H2,1H3/t22-,26?,27-/m0/s1. The summed E-state index contributed by atoms with van der Waals surface area (Å²) in [6.07, 6.45) is 4.07. The Labute approximate surface area is 231 Å². The Morgan fingerprint density at radius 3 is 2.70 bits per heavy atom. The van der Waals surface area contributed by atoms with E-state index in [1.165, 1.54) is 30.1 Å². The predicted molar refractivity (Wildman–Crippen MR) is 141 cm³/mol. The zero-order chi connectivity index (χ0) is 28.1. The average Bonchev–Trinajstić information content (AvgIpc) is 3.52. The molecule has 2 aliphatic rings. The van der Waals surface area contributed by atoms with Gasteiger partial charge in [0.05, 0.1) is 29.5 Å². The van der Waals surface area contributed by atoms with Crippen molar-refractivity contribution in [1.82, 2.24) is 29.8 Å². The van der Waals surface area contributed by atoms with Crippen molar-refractivity contribution in [1.29, 1.82) is 0 Å². The number of aliphatic hydroxyl groups excluding tert-OH is 1. The molecule has 0 aliphatic heterocycles. The third-order valence-corrected chi connectivity index (χ3v) is 8.77. The van der Waals surface area contributed by atoms with E-state index in [1.54, 1.807) is 29.2 Å². The third kappa shape index (κ3) is 5.17. The van der Waals surface area contributed by atoms with E-state index in [9.17, 15) is 22.7 Å². The van der Waals surface area contributed by atoms with Crippen LogP contribution >= 0.6 is 11.8 Å². The highest BCUT2D eigenvalue weighted by molar-refractivity contribution is 7.99. The van der Waals surface area contributed by atoms with Crippen molar-refractivity contribution in [3.8, 4) is 5.69 Å². The minimum atomic E-state index is -4.40. The first-order chi connectivity index (χ1) is 19.1. The van der Waals surface area contributed by atoms with E-state index >= 15 is 0 Å². The van der Waals surface area contributed by atoms with Gasteiger partial charge in [-0.1, -0.05) is 17.3 Å². The van der Waals surface area contributed by atoms with Gasteiger partial charge >= 0.3 is 6.18 Å². The van der Waals surface area contributed by atoms with Crippen molar-refractivity contribution in [2.45, 2.75) is 61.7 Å². The largest absolute Gasteiger partial charge is 0.409 e. The number of thioether (sulfide) groups is 1. The summed E-state index contributed by atoms with van der Waals surface area (Å²) < 4.78 is 53.7. The summed E-state index contributed by atoms with van der Waals surface area (Å²) in [4.78, 5) is 5.15. The lowest BCUT2D eigenvalue weighted by molar-refractivity contribution is -0.145. The Hall–Kier alpha value is -3.51. The number of benzene rings is 1. The number of fused-ring (bicyclic) bond motifs is 2. The molecule has 7 nitrogen and oxygen atoms in total. The van der Waals surface area contributed by atoms with Crippen LogP contribution < -0.4 is 0 Å². The maximum absolute atomic E-state index is 13.5. The quantitative estimate of drug-likeness (QED) is 0.292. The molecule has 3 atom stereocenters. The normalized spacial score (nSPS) is 21.4. The van der Waals surface area contributed by atoms with Crippen LogP contribution in [0.4, 0.5) is 17.6 Å². The summed E-state index contributed by atoms with van der Waals surface area (Å²) in [6, 6.07) is 9.89. The van der Waals surface area contributed by atoms with Crippen LogP contribution in [0.3, 0.4) is 0 Å². The number of nitrogens with zero attached hydrogens (tertiary/aromatic N) is 6. The predicted octanol–water partition coefficient (Wildman–Crippen LogP) is 5.87. The zero-order valence-corrected chi connectivity index (χ0v) is 22.3. The Morgan fingerprint density at radius 2 is 1.95 bits per heavy atom. The molecule has 3 aromatic heterocycles. The maximum atomic E-state index is 13.5. The third-order valence-electron chi connectivity index (χ3n) is 7.61. The van der Waals surface area contributed by atoms with Crippen LogP contribution in [0.5, 0.6) is 0 Å². The van der Waals surface area contributed by atoms with Crippen LogP contribution in [0.25, 0.3) is 11.8 Å². The van der Waals surface area contributed by atoms with Crippen LogP contribution in [0.1, 0.15) is 47.9 Å². The number of alkyl halides is 3. The monoisotopic (exact) mass is 570 g/mol. The summed E-state index contributed by atoms with van der Waals surface area (Å²) in [5.74, 6) is -0.329. The van der Waals surface area contributed by atoms with Gasteiger partial charge in [-0.3, -0.25) is 4.98 Å². The minimum absolute atomic E-state index is 0.0126. The van der Waals surface area contributed by atoms with E-state index in [0.717, 1.165) is 34.5 Å². The number of aromatic nitrogens is 6. The molecule has 3 heterocycles. The lowest BCUT2D eigenvalue weighted by Crippen LogP contribution is -2.41. The number of hydrogen-bond acceptors (Lipinski definition) is 6. The first kappa shape index (κ1) is 26.7. The van der Waals surface area contributed by atoms with Crippen molar-refractivity contribution >= 4 is 17.8 Å². The van der Waals surface area contributed by atoms with Gasteiger partial charge in [0.25, 0.3) is 0 Å². The average molecular weight is 571 g/mol. The molecule has 1 aromatic carbocycles. The Morgan fingerprint density at radius 1 is 1.15 bits per heavy atom. The summed E-state index contributed by atoms with van der Waals surface area (Å²) in [6.45, 7) is 0.704. The van der Waals surface area contributed by atoms with E-state index in [-0.39, 0.29) is 11.1 Å². The number of aliphatic hydroxyl groups is 1. The molecule has 208 valence electrons. The molecule has 0 spiro atoms. The molecular weight excluding hydrogens is 544 g/mol. The van der Waals surface area contributed by atoms with Crippen molar-refractivity contribution in [2.24, 2.45) is 5.41 Å². The molecule has 4 aromatic rings. The van der Waals surface area contributed by atoms with Crippen molar-refractivity contribution in [2.75, 3.05) is 0 Å². The fourth-order valence-corrected chi connectivity index (χ4v) is 7.01. The Bertz CT molecular complexity index is 1560. The van der Waals surface area contributed by atoms with Gasteiger partial charge in [-0.25, -0.2) is 9.07 Å². The smallest absolute Gasteiger partial charge is 0.386 e. The van der Waals surface area contributed by atoms with E-state index in [1.807, 2.05) is 19.1 Å². The van der Waals surface area contributed by atoms with Crippen molar-refractivity contribution in [3.05, 3.63) is 88.9 Å². The molecule has 0 bridgehead atoms. The fourth-order valence-electron chi connectivity index (χ4n) is 5.80. The fraction of sp³-hybridized carbons (Fsp3) is 0.357. The first-order valence-electron chi connectivity index (χ1n) is 12.9. The van der Waals surface area contributed by atoms with Gasteiger partial charge in [-0.05, 0) is 86.2 Å². The van der Waals surface area contributed by atoms with Gasteiger partial charge in [-0.15, -0.1) is 5.10 Å². The number of halogens is 4. The van der Waals surface area contributed by atoms with Gasteiger partial charge < -0.3 is 5.11 Å². The van der Waals surface area contributed by atoms with Gasteiger partial charge in [-0.2, -0.15) is 28.2 Å². The van der Waals surface area contributed by atoms with Crippen LogP contribution in [0.15, 0.2) is 65.6 Å². The molecule has 12 heteroatoms. The molecule has 6 rings (SSSR count). The molecule has 0 amide bonds. The number of pyridine rings is 1. The Kier molecular flexibility index (Phi) is 6.78. The Balaban J connectivity index is 1.34. The summed E-state index contributed by atoms with van der Waals surface area (Å²) in [5.41, 5.74) is 4.50. The topological polar surface area (TPSA) is 81.7 Å². The summed E-state index contributed by atoms with van der Waals surface area (Å²) in [7, 11) is 0. The zero-order valence-electron chi connectivity index (χ0n) is 21.5.